The second-order valence-corrected chi connectivity index (χ2v) is 7.03. The number of anilines is 1. The number of rotatable bonds is 4. The Hall–Kier alpha value is -2.09. The first kappa shape index (κ1) is 18.3. The van der Waals surface area contributed by atoms with Crippen molar-refractivity contribution in [2.45, 2.75) is 17.9 Å². The van der Waals surface area contributed by atoms with Crippen LogP contribution in [0.15, 0.2) is 47.4 Å². The van der Waals surface area contributed by atoms with Gasteiger partial charge in [-0.1, -0.05) is 6.07 Å². The molecule has 2 aromatic carbocycles. The van der Waals surface area contributed by atoms with Gasteiger partial charge in [0.15, 0.2) is 0 Å². The fourth-order valence-corrected chi connectivity index (χ4v) is 3.63. The fourth-order valence-electron chi connectivity index (χ4n) is 2.52. The third-order valence-electron chi connectivity index (χ3n) is 3.76. The topological polar surface area (TPSA) is 95.5 Å². The summed E-state index contributed by atoms with van der Waals surface area (Å²) in [5.41, 5.74) is 2.58. The van der Waals surface area contributed by atoms with Crippen molar-refractivity contribution in [3.8, 4) is 0 Å². The van der Waals surface area contributed by atoms with Gasteiger partial charge in [0.2, 0.25) is 0 Å². The van der Waals surface area contributed by atoms with E-state index in [2.05, 4.69) is 10.0 Å². The maximum Gasteiger partial charge on any atom is 0.335 e. The summed E-state index contributed by atoms with van der Waals surface area (Å²) in [6.45, 7) is 1.55. The van der Waals surface area contributed by atoms with Crippen molar-refractivity contribution >= 4 is 34.1 Å². The van der Waals surface area contributed by atoms with E-state index in [1.165, 1.54) is 24.3 Å². The number of aromatic carboxylic acids is 1. The number of carboxylic acid groups (broad SMARTS) is 1. The molecule has 0 saturated carbocycles. The smallest absolute Gasteiger partial charge is 0.335 e. The summed E-state index contributed by atoms with van der Waals surface area (Å²) in [7, 11) is -3.71. The number of hydrogen-bond acceptors (Lipinski definition) is 4. The zero-order valence-electron chi connectivity index (χ0n) is 12.7. The molecule has 128 valence electrons. The van der Waals surface area contributed by atoms with Gasteiger partial charge in [-0.3, -0.25) is 4.72 Å². The number of carboxylic acids is 1. The molecule has 0 aromatic heterocycles. The van der Waals surface area contributed by atoms with Crippen molar-refractivity contribution < 1.29 is 18.3 Å². The average Bonchev–Trinajstić information content (AvgIpc) is 2.54. The van der Waals surface area contributed by atoms with Crippen LogP contribution in [0, 0.1) is 0 Å². The summed E-state index contributed by atoms with van der Waals surface area (Å²) in [6, 6.07) is 10.7. The van der Waals surface area contributed by atoms with Crippen molar-refractivity contribution in [2.24, 2.45) is 0 Å². The number of carbonyl (C=O) groups is 1. The van der Waals surface area contributed by atoms with Gasteiger partial charge in [0.1, 0.15) is 0 Å². The van der Waals surface area contributed by atoms with E-state index in [1.807, 2.05) is 6.07 Å². The third kappa shape index (κ3) is 3.87. The first-order chi connectivity index (χ1) is 11.0. The number of sulfonamides is 1. The van der Waals surface area contributed by atoms with Crippen LogP contribution in [-0.4, -0.2) is 26.0 Å². The number of halogens is 1. The normalized spacial score (nSPS) is 13.5. The van der Waals surface area contributed by atoms with Crippen LogP contribution < -0.4 is 10.0 Å². The quantitative estimate of drug-likeness (QED) is 0.769. The Morgan fingerprint density at radius 3 is 2.46 bits per heavy atom. The predicted molar refractivity (Wildman–Crippen MR) is 93.3 cm³/mol. The van der Waals surface area contributed by atoms with E-state index >= 15 is 0 Å². The molecular formula is C16H17ClN2O4S. The van der Waals surface area contributed by atoms with Crippen LogP contribution in [0.3, 0.4) is 0 Å². The highest BCUT2D eigenvalue weighted by molar-refractivity contribution is 7.92. The van der Waals surface area contributed by atoms with Crippen molar-refractivity contribution in [2.75, 3.05) is 11.3 Å². The summed E-state index contributed by atoms with van der Waals surface area (Å²) in [5, 5.41) is 12.1. The molecule has 2 aromatic rings. The molecule has 0 unspecified atom stereocenters. The minimum atomic E-state index is -3.71. The predicted octanol–water partition coefficient (Wildman–Crippen LogP) is 2.25. The van der Waals surface area contributed by atoms with Gasteiger partial charge in [-0.25, -0.2) is 13.2 Å². The Morgan fingerprint density at radius 2 is 1.79 bits per heavy atom. The maximum absolute atomic E-state index is 12.5. The van der Waals surface area contributed by atoms with Gasteiger partial charge in [0.25, 0.3) is 10.0 Å². The molecule has 24 heavy (non-hydrogen) atoms. The van der Waals surface area contributed by atoms with E-state index in [-0.39, 0.29) is 22.9 Å². The molecule has 8 heteroatoms. The molecule has 1 aliphatic heterocycles. The molecule has 0 fully saturated rings. The molecule has 0 amide bonds. The molecular weight excluding hydrogens is 352 g/mol. The maximum atomic E-state index is 12.5. The summed E-state index contributed by atoms with van der Waals surface area (Å²) in [4.78, 5) is 11.0. The molecule has 0 atom stereocenters. The van der Waals surface area contributed by atoms with Gasteiger partial charge in [-0.15, -0.1) is 12.4 Å². The largest absolute Gasteiger partial charge is 0.478 e. The summed E-state index contributed by atoms with van der Waals surface area (Å²) in [6.07, 6.45) is 0.889. The van der Waals surface area contributed by atoms with Crippen LogP contribution in [-0.2, 0) is 23.0 Å². The minimum Gasteiger partial charge on any atom is -0.478 e. The highest BCUT2D eigenvalue weighted by Gasteiger charge is 2.18. The Bertz CT molecular complexity index is 851. The van der Waals surface area contributed by atoms with Crippen LogP contribution in [0.4, 0.5) is 5.69 Å². The van der Waals surface area contributed by atoms with Crippen molar-refractivity contribution in [3.63, 3.8) is 0 Å². The first-order valence-electron chi connectivity index (χ1n) is 7.14. The monoisotopic (exact) mass is 368 g/mol. The van der Waals surface area contributed by atoms with Gasteiger partial charge in [0.05, 0.1) is 10.5 Å². The fraction of sp³-hybridized carbons (Fsp3) is 0.188. The van der Waals surface area contributed by atoms with Crippen LogP contribution in [0.2, 0.25) is 0 Å². The Labute approximate surface area is 146 Å². The molecule has 0 bridgehead atoms. The van der Waals surface area contributed by atoms with Gasteiger partial charge in [-0.2, -0.15) is 0 Å². The molecule has 3 N–H and O–H groups in total. The van der Waals surface area contributed by atoms with Crippen LogP contribution in [0.25, 0.3) is 0 Å². The van der Waals surface area contributed by atoms with E-state index in [1.54, 1.807) is 12.1 Å². The summed E-state index contributed by atoms with van der Waals surface area (Å²) in [5.74, 6) is -1.05. The van der Waals surface area contributed by atoms with Crippen molar-refractivity contribution in [1.82, 2.24) is 5.32 Å². The van der Waals surface area contributed by atoms with E-state index in [0.29, 0.717) is 12.2 Å². The lowest BCUT2D eigenvalue weighted by atomic mass is 10.0. The van der Waals surface area contributed by atoms with Gasteiger partial charge in [0, 0.05) is 12.2 Å². The van der Waals surface area contributed by atoms with E-state index in [9.17, 15) is 13.2 Å². The van der Waals surface area contributed by atoms with Gasteiger partial charge >= 0.3 is 5.97 Å². The Morgan fingerprint density at radius 1 is 1.08 bits per heavy atom. The summed E-state index contributed by atoms with van der Waals surface area (Å²) >= 11 is 0. The standard InChI is InChI=1S/C16H16N2O4S.ClH/c19-16(20)12-1-4-14(5-2-12)18-23(21,22)15-6-3-11-7-8-17-10-13(11)9-15;/h1-6,9,17-18H,7-8,10H2,(H,19,20);1H. The zero-order valence-corrected chi connectivity index (χ0v) is 14.3. The zero-order chi connectivity index (χ0) is 16.4. The Kier molecular flexibility index (Phi) is 5.48. The second-order valence-electron chi connectivity index (χ2n) is 5.35. The molecule has 1 aliphatic rings. The number of hydrogen-bond donors (Lipinski definition) is 3. The number of benzene rings is 2. The van der Waals surface area contributed by atoms with Crippen molar-refractivity contribution in [3.05, 3.63) is 59.2 Å². The van der Waals surface area contributed by atoms with Crippen LogP contribution >= 0.6 is 12.4 Å². The number of nitrogens with one attached hydrogen (secondary N) is 2. The average molecular weight is 369 g/mol. The lowest BCUT2D eigenvalue weighted by molar-refractivity contribution is 0.0697. The van der Waals surface area contributed by atoms with E-state index in [4.69, 9.17) is 5.11 Å². The molecule has 6 nitrogen and oxygen atoms in total. The van der Waals surface area contributed by atoms with E-state index in [0.717, 1.165) is 24.1 Å². The lowest BCUT2D eigenvalue weighted by Crippen LogP contribution is -2.24. The third-order valence-corrected chi connectivity index (χ3v) is 5.14. The summed E-state index contributed by atoms with van der Waals surface area (Å²) < 4.78 is 27.4. The van der Waals surface area contributed by atoms with E-state index < -0.39 is 16.0 Å². The van der Waals surface area contributed by atoms with Crippen LogP contribution in [0.1, 0.15) is 21.5 Å². The lowest BCUT2D eigenvalue weighted by Gasteiger charge is -2.18. The molecule has 0 aliphatic carbocycles. The second kappa shape index (κ2) is 7.21. The minimum absolute atomic E-state index is 0. The van der Waals surface area contributed by atoms with Gasteiger partial charge < -0.3 is 10.4 Å². The molecule has 0 saturated heterocycles. The first-order valence-corrected chi connectivity index (χ1v) is 8.63. The molecule has 3 rings (SSSR count). The van der Waals surface area contributed by atoms with Gasteiger partial charge in [-0.05, 0) is 60.5 Å². The highest BCUT2D eigenvalue weighted by Crippen LogP contribution is 2.21. The Balaban J connectivity index is 0.00000208. The van der Waals surface area contributed by atoms with Crippen molar-refractivity contribution in [1.29, 1.82) is 0 Å². The number of fused-ring (bicyclic) bond motifs is 1. The molecule has 1 heterocycles. The molecule has 0 radical (unpaired) electrons. The SMILES string of the molecule is Cl.O=C(O)c1ccc(NS(=O)(=O)c2ccc3c(c2)CNCC3)cc1. The van der Waals surface area contributed by atoms with Crippen LogP contribution in [0.5, 0.6) is 0 Å². The highest BCUT2D eigenvalue weighted by atomic mass is 35.5. The molecule has 0 spiro atoms.